The molecule has 0 radical (unpaired) electrons. The van der Waals surface area contributed by atoms with Crippen molar-refractivity contribution in [2.75, 3.05) is 32.2 Å². The molecule has 2 N–H and O–H groups in total. The number of furan rings is 1. The van der Waals surface area contributed by atoms with Gasteiger partial charge in [-0.25, -0.2) is 0 Å². The summed E-state index contributed by atoms with van der Waals surface area (Å²) in [4.78, 5) is 27.4. The van der Waals surface area contributed by atoms with Gasteiger partial charge in [0.1, 0.15) is 11.3 Å². The smallest absolute Gasteiger partial charge is 0.313 e. The molecule has 0 saturated heterocycles. The molecule has 0 spiro atoms. The molecule has 0 fully saturated rings. The van der Waals surface area contributed by atoms with Crippen LogP contribution in [0.4, 0.5) is 5.69 Å². The van der Waals surface area contributed by atoms with Gasteiger partial charge < -0.3 is 15.1 Å². The highest BCUT2D eigenvalue weighted by atomic mass is 32.2. The lowest BCUT2D eigenvalue weighted by Crippen LogP contribution is -2.40. The highest BCUT2D eigenvalue weighted by Gasteiger charge is 2.22. The Hall–Kier alpha value is -2.77. The number of likely N-dealkylation sites (N-methyl/N-ethyl adjacent to an activating group) is 1. The molecule has 1 atom stereocenters. The minimum atomic E-state index is -0.691. The highest BCUT2D eigenvalue weighted by molar-refractivity contribution is 7.98. The first-order valence-corrected chi connectivity index (χ1v) is 10.1. The third-order valence-electron chi connectivity index (χ3n) is 4.41. The first kappa shape index (κ1) is 20.0. The average molecular weight is 398 g/mol. The van der Waals surface area contributed by atoms with Crippen molar-refractivity contribution >= 4 is 40.2 Å². The Morgan fingerprint density at radius 3 is 2.50 bits per heavy atom. The maximum Gasteiger partial charge on any atom is 0.313 e. The largest absolute Gasteiger partial charge is 0.459 e. The van der Waals surface area contributed by atoms with Crippen LogP contribution in [0.5, 0.6) is 0 Å². The van der Waals surface area contributed by atoms with E-state index in [9.17, 15) is 9.59 Å². The number of benzene rings is 2. The molecule has 0 aliphatic rings. The van der Waals surface area contributed by atoms with Crippen LogP contribution >= 0.6 is 11.8 Å². The lowest BCUT2D eigenvalue weighted by Gasteiger charge is -2.22. The molecule has 2 aromatic carbocycles. The lowest BCUT2D eigenvalue weighted by molar-refractivity contribution is -0.136. The van der Waals surface area contributed by atoms with Crippen molar-refractivity contribution in [3.63, 3.8) is 0 Å². The summed E-state index contributed by atoms with van der Waals surface area (Å²) in [5.74, 6) is -0.637. The SMILES string of the molecule is CSc1ccccc1NC(=O)C(=O)NC[C@@H](c1cc2ccccc2o1)N(C)C. The second-order valence-electron chi connectivity index (χ2n) is 6.53. The molecule has 146 valence electrons. The number of fused-ring (bicyclic) bond motifs is 1. The summed E-state index contributed by atoms with van der Waals surface area (Å²) in [5.41, 5.74) is 1.42. The number of carbonyl (C=O) groups excluding carboxylic acids is 2. The van der Waals surface area contributed by atoms with E-state index in [4.69, 9.17) is 4.42 Å². The van der Waals surface area contributed by atoms with Gasteiger partial charge in [0.15, 0.2) is 0 Å². The van der Waals surface area contributed by atoms with Crippen LogP contribution in [0.2, 0.25) is 0 Å². The maximum absolute atomic E-state index is 12.3. The Bertz CT molecular complexity index is 951. The number of thioether (sulfide) groups is 1. The second kappa shape index (κ2) is 8.95. The van der Waals surface area contributed by atoms with Gasteiger partial charge in [-0.15, -0.1) is 11.8 Å². The predicted octanol–water partition coefficient (Wildman–Crippen LogP) is 3.51. The number of rotatable bonds is 6. The molecule has 0 aliphatic carbocycles. The third kappa shape index (κ3) is 4.55. The molecule has 1 heterocycles. The van der Waals surface area contributed by atoms with Gasteiger partial charge in [-0.3, -0.25) is 14.5 Å². The van der Waals surface area contributed by atoms with Gasteiger partial charge in [0.25, 0.3) is 0 Å². The zero-order valence-electron chi connectivity index (χ0n) is 16.1. The highest BCUT2D eigenvalue weighted by Crippen LogP contribution is 2.26. The molecule has 28 heavy (non-hydrogen) atoms. The molecule has 0 bridgehead atoms. The van der Waals surface area contributed by atoms with Gasteiger partial charge in [-0.1, -0.05) is 30.3 Å². The van der Waals surface area contributed by atoms with Gasteiger partial charge in [-0.05, 0) is 44.6 Å². The van der Waals surface area contributed by atoms with E-state index in [2.05, 4.69) is 10.6 Å². The summed E-state index contributed by atoms with van der Waals surface area (Å²) >= 11 is 1.51. The number of carbonyl (C=O) groups is 2. The molecule has 0 saturated carbocycles. The Morgan fingerprint density at radius 2 is 1.79 bits per heavy atom. The summed E-state index contributed by atoms with van der Waals surface area (Å²) in [6, 6.07) is 16.9. The van der Waals surface area contributed by atoms with Crippen LogP contribution in [-0.4, -0.2) is 43.6 Å². The summed E-state index contributed by atoms with van der Waals surface area (Å²) in [6.07, 6.45) is 1.92. The number of anilines is 1. The van der Waals surface area contributed by atoms with Crippen molar-refractivity contribution in [1.29, 1.82) is 0 Å². The number of hydrogen-bond donors (Lipinski definition) is 2. The van der Waals surface area contributed by atoms with Gasteiger partial charge >= 0.3 is 11.8 Å². The fourth-order valence-electron chi connectivity index (χ4n) is 2.90. The quantitative estimate of drug-likeness (QED) is 0.492. The number of hydrogen-bond acceptors (Lipinski definition) is 5. The first-order chi connectivity index (χ1) is 13.5. The predicted molar refractivity (Wildman–Crippen MR) is 113 cm³/mol. The van der Waals surface area contributed by atoms with Crippen LogP contribution < -0.4 is 10.6 Å². The fourth-order valence-corrected chi connectivity index (χ4v) is 3.45. The van der Waals surface area contributed by atoms with Gasteiger partial charge in [0, 0.05) is 16.8 Å². The van der Waals surface area contributed by atoms with Crippen molar-refractivity contribution in [1.82, 2.24) is 10.2 Å². The second-order valence-corrected chi connectivity index (χ2v) is 7.38. The van der Waals surface area contributed by atoms with Gasteiger partial charge in [0.2, 0.25) is 0 Å². The van der Waals surface area contributed by atoms with Gasteiger partial charge in [-0.2, -0.15) is 0 Å². The van der Waals surface area contributed by atoms with Crippen LogP contribution in [0.15, 0.2) is 63.9 Å². The molecule has 3 rings (SSSR count). The fraction of sp³-hybridized carbons (Fsp3) is 0.238. The monoisotopic (exact) mass is 397 g/mol. The van der Waals surface area contributed by atoms with Crippen LogP contribution in [-0.2, 0) is 9.59 Å². The van der Waals surface area contributed by atoms with E-state index >= 15 is 0 Å². The molecule has 0 aliphatic heterocycles. The molecule has 1 aromatic heterocycles. The van der Waals surface area contributed by atoms with Gasteiger partial charge in [0.05, 0.1) is 11.7 Å². The Balaban J connectivity index is 1.66. The maximum atomic E-state index is 12.3. The van der Waals surface area contributed by atoms with Crippen LogP contribution in [0, 0.1) is 0 Å². The molecular weight excluding hydrogens is 374 g/mol. The summed E-state index contributed by atoms with van der Waals surface area (Å²) in [7, 11) is 3.80. The van der Waals surface area contributed by atoms with Crippen LogP contribution in [0.25, 0.3) is 11.0 Å². The third-order valence-corrected chi connectivity index (χ3v) is 5.21. The molecule has 3 aromatic rings. The normalized spacial score (nSPS) is 12.1. The van der Waals surface area contributed by atoms with E-state index in [1.54, 1.807) is 6.07 Å². The average Bonchev–Trinajstić information content (AvgIpc) is 3.11. The lowest BCUT2D eigenvalue weighted by atomic mass is 10.2. The van der Waals surface area contributed by atoms with Crippen molar-refractivity contribution in [3.05, 3.63) is 60.4 Å². The van der Waals surface area contributed by atoms with Crippen molar-refractivity contribution in [2.24, 2.45) is 0 Å². The number of nitrogens with zero attached hydrogens (tertiary/aromatic N) is 1. The summed E-state index contributed by atoms with van der Waals surface area (Å²) < 4.78 is 5.91. The zero-order chi connectivity index (χ0) is 20.1. The summed E-state index contributed by atoms with van der Waals surface area (Å²) in [5, 5.41) is 6.37. The van der Waals surface area contributed by atoms with Crippen molar-refractivity contribution in [2.45, 2.75) is 10.9 Å². The van der Waals surface area contributed by atoms with Crippen LogP contribution in [0.1, 0.15) is 11.8 Å². The minimum Gasteiger partial charge on any atom is -0.459 e. The van der Waals surface area contributed by atoms with Crippen molar-refractivity contribution in [3.8, 4) is 0 Å². The number of nitrogens with one attached hydrogen (secondary N) is 2. The number of amides is 2. The topological polar surface area (TPSA) is 74.6 Å². The molecule has 6 nitrogen and oxygen atoms in total. The van der Waals surface area contributed by atoms with E-state index in [0.717, 1.165) is 21.6 Å². The minimum absolute atomic E-state index is 0.192. The molecular formula is C21H23N3O3S. The van der Waals surface area contributed by atoms with Crippen molar-refractivity contribution < 1.29 is 14.0 Å². The Morgan fingerprint density at radius 1 is 1.07 bits per heavy atom. The summed E-state index contributed by atoms with van der Waals surface area (Å²) in [6.45, 7) is 0.253. The van der Waals surface area contributed by atoms with E-state index in [-0.39, 0.29) is 12.6 Å². The van der Waals surface area contributed by atoms with E-state index in [1.807, 2.05) is 73.8 Å². The van der Waals surface area contributed by atoms with E-state index in [1.165, 1.54) is 11.8 Å². The van der Waals surface area contributed by atoms with Crippen LogP contribution in [0.3, 0.4) is 0 Å². The zero-order valence-corrected chi connectivity index (χ0v) is 16.9. The molecule has 2 amide bonds. The first-order valence-electron chi connectivity index (χ1n) is 8.86. The van der Waals surface area contributed by atoms with E-state index in [0.29, 0.717) is 5.69 Å². The van der Waals surface area contributed by atoms with E-state index < -0.39 is 11.8 Å². The Labute approximate surface area is 168 Å². The molecule has 7 heteroatoms. The number of para-hydroxylation sites is 2. The standard InChI is InChI=1S/C21H23N3O3S/c1-24(2)16(18-12-14-8-4-6-10-17(14)27-18)13-22-20(25)21(26)23-15-9-5-7-11-19(15)28-3/h4-12,16H,13H2,1-3H3,(H,22,25)(H,23,26)/t16-/m0/s1. The molecule has 0 unspecified atom stereocenters. The Kier molecular flexibility index (Phi) is 6.38.